The van der Waals surface area contributed by atoms with E-state index < -0.39 is 15.5 Å². The van der Waals surface area contributed by atoms with Crippen LogP contribution in [0.3, 0.4) is 0 Å². The molecule has 1 atom stereocenters. The minimum atomic E-state index is -1.97. The van der Waals surface area contributed by atoms with Gasteiger partial charge in [-0.1, -0.05) is 13.8 Å². The Morgan fingerprint density at radius 3 is 1.94 bits per heavy atom. The summed E-state index contributed by atoms with van der Waals surface area (Å²) in [6.07, 6.45) is 0.894. The lowest BCUT2D eigenvalue weighted by Gasteiger charge is -2.40. The second-order valence-corrected chi connectivity index (χ2v) is 4.88. The highest BCUT2D eigenvalue weighted by atomic mass is 16.7. The first-order valence-corrected chi connectivity index (χ1v) is 5.32. The molecule has 0 saturated carbocycles. The van der Waals surface area contributed by atoms with Gasteiger partial charge in [-0.15, -0.1) is 0 Å². The molecule has 0 amide bonds. The summed E-state index contributed by atoms with van der Waals surface area (Å²) in [5, 5.41) is 21.3. The molecule has 1 rings (SSSR count). The summed E-state index contributed by atoms with van der Waals surface area (Å²) in [4.78, 5) is 21.6. The largest absolute Gasteiger partial charge is 0.482 e. The maximum Gasteiger partial charge on any atom is 0.482 e. The molecule has 16 heavy (non-hydrogen) atoms. The maximum atomic E-state index is 10.7. The van der Waals surface area contributed by atoms with Gasteiger partial charge in [0.25, 0.3) is 0 Å². The maximum absolute atomic E-state index is 10.7. The smallest absolute Gasteiger partial charge is 0.274 e. The van der Waals surface area contributed by atoms with E-state index in [1.54, 1.807) is 4.90 Å². The lowest BCUT2D eigenvalue weighted by molar-refractivity contribution is -0.811. The minimum Gasteiger partial charge on any atom is -0.274 e. The van der Waals surface area contributed by atoms with Crippen LogP contribution in [0.15, 0.2) is 0 Å². The molecule has 1 fully saturated rings. The molecule has 0 aromatic heterocycles. The van der Waals surface area contributed by atoms with Crippen molar-refractivity contribution in [3.8, 4) is 0 Å². The molecule has 1 aliphatic rings. The van der Waals surface area contributed by atoms with E-state index in [1.165, 1.54) is 0 Å². The van der Waals surface area contributed by atoms with Gasteiger partial charge in [-0.25, -0.2) is 0 Å². The van der Waals surface area contributed by atoms with Gasteiger partial charge in [-0.3, -0.25) is 25.1 Å². The van der Waals surface area contributed by atoms with Crippen molar-refractivity contribution in [2.75, 3.05) is 13.1 Å². The first-order chi connectivity index (χ1) is 7.29. The molecule has 1 saturated heterocycles. The van der Waals surface area contributed by atoms with Crippen LogP contribution in [0.1, 0.15) is 27.2 Å². The van der Waals surface area contributed by atoms with Crippen molar-refractivity contribution in [2.24, 2.45) is 5.92 Å². The van der Waals surface area contributed by atoms with Crippen LogP contribution < -0.4 is 0 Å². The molecule has 7 heteroatoms. The van der Waals surface area contributed by atoms with Gasteiger partial charge >= 0.3 is 5.66 Å². The van der Waals surface area contributed by atoms with Crippen LogP contribution in [0.5, 0.6) is 0 Å². The molecule has 0 aliphatic carbocycles. The van der Waals surface area contributed by atoms with E-state index >= 15 is 0 Å². The number of nitro groups is 2. The predicted molar refractivity (Wildman–Crippen MR) is 57.2 cm³/mol. The van der Waals surface area contributed by atoms with Crippen molar-refractivity contribution in [3.63, 3.8) is 0 Å². The zero-order chi connectivity index (χ0) is 12.5. The van der Waals surface area contributed by atoms with Crippen LogP contribution in [0.2, 0.25) is 0 Å². The quantitative estimate of drug-likeness (QED) is 0.400. The van der Waals surface area contributed by atoms with Gasteiger partial charge in [0.2, 0.25) is 0 Å². The Morgan fingerprint density at radius 1 is 1.19 bits per heavy atom. The summed E-state index contributed by atoms with van der Waals surface area (Å²) < 4.78 is 0. The Kier molecular flexibility index (Phi) is 3.47. The van der Waals surface area contributed by atoms with E-state index in [0.29, 0.717) is 5.92 Å². The molecule has 0 aromatic rings. The normalized spacial score (nSPS) is 21.5. The van der Waals surface area contributed by atoms with Crippen molar-refractivity contribution in [3.05, 3.63) is 20.2 Å². The van der Waals surface area contributed by atoms with E-state index in [-0.39, 0.29) is 19.1 Å². The second-order valence-electron chi connectivity index (χ2n) is 4.88. The first kappa shape index (κ1) is 12.8. The highest BCUT2D eigenvalue weighted by Gasteiger charge is 2.66. The molecule has 1 aliphatic heterocycles. The zero-order valence-electron chi connectivity index (χ0n) is 9.75. The number of hydrogen-bond acceptors (Lipinski definition) is 5. The molecular weight excluding hydrogens is 214 g/mol. The molecule has 0 N–H and O–H groups in total. The Morgan fingerprint density at radius 2 is 1.62 bits per heavy atom. The van der Waals surface area contributed by atoms with Crippen molar-refractivity contribution in [1.29, 1.82) is 0 Å². The molecule has 1 unspecified atom stereocenters. The zero-order valence-corrected chi connectivity index (χ0v) is 9.75. The topological polar surface area (TPSA) is 89.5 Å². The van der Waals surface area contributed by atoms with Crippen LogP contribution in [-0.2, 0) is 0 Å². The van der Waals surface area contributed by atoms with Crippen molar-refractivity contribution in [1.82, 2.24) is 4.90 Å². The Bertz CT molecular complexity index is 283. The Hall–Kier alpha value is -1.24. The molecule has 0 spiro atoms. The van der Waals surface area contributed by atoms with Crippen molar-refractivity contribution >= 4 is 0 Å². The molecule has 0 radical (unpaired) electrons. The fourth-order valence-corrected chi connectivity index (χ4v) is 2.04. The number of nitrogens with zero attached hydrogens (tertiary/aromatic N) is 3. The van der Waals surface area contributed by atoms with Gasteiger partial charge in [0.15, 0.2) is 0 Å². The van der Waals surface area contributed by atoms with Gasteiger partial charge < -0.3 is 0 Å². The standard InChI is InChI=1S/C9H17N3O4/c1-7(2)4-8(3)10-5-9(6-10,11(13)14)12(15)16/h7-8H,4-6H2,1-3H3. The summed E-state index contributed by atoms with van der Waals surface area (Å²) in [7, 11) is 0. The number of rotatable bonds is 5. The fraction of sp³-hybridized carbons (Fsp3) is 1.00. The van der Waals surface area contributed by atoms with Crippen LogP contribution in [0, 0.1) is 26.1 Å². The van der Waals surface area contributed by atoms with E-state index in [2.05, 4.69) is 13.8 Å². The third-order valence-electron chi connectivity index (χ3n) is 3.03. The highest BCUT2D eigenvalue weighted by molar-refractivity contribution is 4.90. The Labute approximate surface area is 93.7 Å². The van der Waals surface area contributed by atoms with E-state index in [4.69, 9.17) is 0 Å². The van der Waals surface area contributed by atoms with Gasteiger partial charge in [-0.05, 0) is 19.3 Å². The van der Waals surface area contributed by atoms with E-state index in [0.717, 1.165) is 6.42 Å². The average molecular weight is 231 g/mol. The first-order valence-electron chi connectivity index (χ1n) is 5.32. The van der Waals surface area contributed by atoms with Crippen LogP contribution in [0.25, 0.3) is 0 Å². The number of hydrogen-bond donors (Lipinski definition) is 0. The SMILES string of the molecule is CC(C)CC(C)N1CC([N+](=O)[O-])([N+](=O)[O-])C1. The summed E-state index contributed by atoms with van der Waals surface area (Å²) in [5.41, 5.74) is -1.97. The van der Waals surface area contributed by atoms with Crippen molar-refractivity contribution in [2.45, 2.75) is 38.9 Å². The molecular formula is C9H17N3O4. The minimum absolute atomic E-state index is 0.0825. The highest BCUT2D eigenvalue weighted by Crippen LogP contribution is 2.28. The van der Waals surface area contributed by atoms with E-state index in [1.807, 2.05) is 6.92 Å². The second kappa shape index (κ2) is 4.32. The van der Waals surface area contributed by atoms with Crippen LogP contribution in [-0.4, -0.2) is 39.5 Å². The van der Waals surface area contributed by atoms with Gasteiger partial charge in [0, 0.05) is 6.04 Å². The molecule has 92 valence electrons. The number of likely N-dealkylation sites (tertiary alicyclic amines) is 1. The summed E-state index contributed by atoms with van der Waals surface area (Å²) in [6.45, 7) is 5.90. The molecule has 1 heterocycles. The lowest BCUT2D eigenvalue weighted by atomic mass is 9.95. The third kappa shape index (κ3) is 2.13. The fourth-order valence-electron chi connectivity index (χ4n) is 2.04. The lowest BCUT2D eigenvalue weighted by Crippen LogP contribution is -2.71. The summed E-state index contributed by atoms with van der Waals surface area (Å²) >= 11 is 0. The van der Waals surface area contributed by atoms with Gasteiger partial charge in [0.05, 0.1) is 0 Å². The Balaban J connectivity index is 2.58. The monoisotopic (exact) mass is 231 g/mol. The molecule has 7 nitrogen and oxygen atoms in total. The van der Waals surface area contributed by atoms with E-state index in [9.17, 15) is 20.2 Å². The summed E-state index contributed by atoms with van der Waals surface area (Å²) in [5.74, 6) is 0.483. The van der Waals surface area contributed by atoms with Crippen molar-refractivity contribution < 1.29 is 9.85 Å². The molecule has 0 aromatic carbocycles. The molecule has 0 bridgehead atoms. The van der Waals surface area contributed by atoms with Crippen LogP contribution >= 0.6 is 0 Å². The van der Waals surface area contributed by atoms with Gasteiger partial charge in [-0.2, -0.15) is 0 Å². The third-order valence-corrected chi connectivity index (χ3v) is 3.03. The van der Waals surface area contributed by atoms with Gasteiger partial charge in [0.1, 0.15) is 22.9 Å². The average Bonchev–Trinajstić information content (AvgIpc) is 1.97. The van der Waals surface area contributed by atoms with Crippen LogP contribution in [0.4, 0.5) is 0 Å². The predicted octanol–water partition coefficient (Wildman–Crippen LogP) is 0.986. The summed E-state index contributed by atoms with van der Waals surface area (Å²) in [6, 6.07) is 0.160.